The van der Waals surface area contributed by atoms with Crippen molar-refractivity contribution in [1.82, 2.24) is 20.8 Å². The summed E-state index contributed by atoms with van der Waals surface area (Å²) in [5.74, 6) is -21.4. The highest BCUT2D eigenvalue weighted by Gasteiger charge is 2.34. The molecular weight excluding hydrogens is 757 g/mol. The summed E-state index contributed by atoms with van der Waals surface area (Å²) in [5.41, 5.74) is 0.917. The minimum atomic E-state index is -2.44. The minimum Gasteiger partial charge on any atom is -0.293 e. The number of rotatable bonds is 11. The summed E-state index contributed by atoms with van der Waals surface area (Å²) < 4.78 is 122. The zero-order valence-corrected chi connectivity index (χ0v) is 27.7. The van der Waals surface area contributed by atoms with Gasteiger partial charge < -0.3 is 0 Å². The Kier molecular flexibility index (Phi) is 10.3. The number of carbonyl (C=O) groups excluding carboxylic acids is 2. The van der Waals surface area contributed by atoms with Gasteiger partial charge in [-0.3, -0.25) is 31.3 Å². The first-order chi connectivity index (χ1) is 23.9. The molecule has 0 radical (unpaired) electrons. The van der Waals surface area contributed by atoms with Crippen LogP contribution in [0.4, 0.5) is 46.5 Å². The standard InChI is InChI=1S/C30H16F8N6O2S4/c31-19-17(20(32)24(36)27(23(19)35)43-41-15(45)9-47-29-39-11-5-1-3-7-13(11)49-29)18-21(33)25(37)28(26(38)22(18)34)44-42-16(46)10-48-30-40-12-6-2-4-8-14(12)50-30/h1-8,43-44H,9-10H2,(H,41,45)(H,42,46). The largest absolute Gasteiger partial charge is 0.293 e. The number of hydrogen-bond donors (Lipinski definition) is 4. The maximum atomic E-state index is 15.1. The second-order valence-electron chi connectivity index (χ2n) is 9.83. The summed E-state index contributed by atoms with van der Waals surface area (Å²) in [6, 6.07) is 14.2. The first-order valence-electron chi connectivity index (χ1n) is 13.7. The first-order valence-corrected chi connectivity index (χ1v) is 17.3. The van der Waals surface area contributed by atoms with Crippen LogP contribution in [0.5, 0.6) is 0 Å². The normalized spacial score (nSPS) is 11.3. The fourth-order valence-corrected chi connectivity index (χ4v) is 8.08. The lowest BCUT2D eigenvalue weighted by Crippen LogP contribution is -2.32. The average Bonchev–Trinajstić information content (AvgIpc) is 3.73. The fourth-order valence-electron chi connectivity index (χ4n) is 4.34. The Balaban J connectivity index is 1.15. The third-order valence-electron chi connectivity index (χ3n) is 6.63. The molecule has 8 nitrogen and oxygen atoms in total. The van der Waals surface area contributed by atoms with Gasteiger partial charge in [0.2, 0.25) is 11.8 Å². The smallest absolute Gasteiger partial charge is 0.248 e. The molecule has 0 aliphatic rings. The molecular formula is C30H16F8N6O2S4. The Labute approximate surface area is 291 Å². The van der Waals surface area contributed by atoms with E-state index in [4.69, 9.17) is 0 Å². The number of hydrazine groups is 2. The second-order valence-corrected chi connectivity index (χ2v) is 14.3. The van der Waals surface area contributed by atoms with Crippen LogP contribution in [-0.2, 0) is 9.59 Å². The summed E-state index contributed by atoms with van der Waals surface area (Å²) >= 11 is 4.43. The lowest BCUT2D eigenvalue weighted by atomic mass is 10.00. The Bertz CT molecular complexity index is 2020. The Morgan fingerprint density at radius 1 is 0.540 bits per heavy atom. The molecule has 0 aliphatic heterocycles. The van der Waals surface area contributed by atoms with E-state index < -0.39 is 80.9 Å². The van der Waals surface area contributed by atoms with E-state index in [0.717, 1.165) is 32.9 Å². The fraction of sp³-hybridized carbons (Fsp3) is 0.0667. The van der Waals surface area contributed by atoms with Gasteiger partial charge in [0.1, 0.15) is 11.4 Å². The van der Waals surface area contributed by atoms with Gasteiger partial charge in [0.25, 0.3) is 0 Å². The highest BCUT2D eigenvalue weighted by molar-refractivity contribution is 8.02. The molecule has 0 unspecified atom stereocenters. The maximum absolute atomic E-state index is 15.1. The monoisotopic (exact) mass is 772 g/mol. The molecule has 20 heteroatoms. The summed E-state index contributed by atoms with van der Waals surface area (Å²) in [4.78, 5) is 33.1. The number of fused-ring (bicyclic) bond motifs is 2. The highest BCUT2D eigenvalue weighted by Crippen LogP contribution is 2.40. The molecule has 0 fully saturated rings. The second kappa shape index (κ2) is 14.7. The lowest BCUT2D eigenvalue weighted by Gasteiger charge is -2.17. The predicted molar refractivity (Wildman–Crippen MR) is 176 cm³/mol. The van der Waals surface area contributed by atoms with Crippen molar-refractivity contribution in [2.45, 2.75) is 8.68 Å². The number of para-hydroxylation sites is 2. The van der Waals surface area contributed by atoms with Crippen LogP contribution in [0.1, 0.15) is 0 Å². The van der Waals surface area contributed by atoms with Crippen LogP contribution < -0.4 is 21.7 Å². The van der Waals surface area contributed by atoms with Crippen LogP contribution in [0.2, 0.25) is 0 Å². The molecule has 0 bridgehead atoms. The number of hydrogen-bond acceptors (Lipinski definition) is 10. The van der Waals surface area contributed by atoms with E-state index in [9.17, 15) is 27.2 Å². The molecule has 4 N–H and O–H groups in total. The Hall–Kier alpha value is -4.66. The third kappa shape index (κ3) is 7.00. The van der Waals surface area contributed by atoms with E-state index in [-0.39, 0.29) is 11.5 Å². The van der Waals surface area contributed by atoms with Gasteiger partial charge in [0.05, 0.1) is 43.1 Å². The Morgan fingerprint density at radius 3 is 1.22 bits per heavy atom. The molecule has 2 amide bonds. The van der Waals surface area contributed by atoms with Crippen molar-refractivity contribution < 1.29 is 44.7 Å². The molecule has 2 aromatic heterocycles. The van der Waals surface area contributed by atoms with Crippen LogP contribution in [0.15, 0.2) is 57.2 Å². The SMILES string of the molecule is O=C(CSc1nc2ccccc2s1)NNc1c(F)c(F)c(-c2c(F)c(F)c(NNC(=O)CSc3nc4ccccc4s3)c(F)c2F)c(F)c1F. The van der Waals surface area contributed by atoms with Crippen LogP contribution in [0.3, 0.4) is 0 Å². The van der Waals surface area contributed by atoms with Gasteiger partial charge in [0, 0.05) is 0 Å². The van der Waals surface area contributed by atoms with Crippen molar-refractivity contribution in [1.29, 1.82) is 0 Å². The van der Waals surface area contributed by atoms with Crippen molar-refractivity contribution in [2.24, 2.45) is 0 Å². The van der Waals surface area contributed by atoms with E-state index in [1.807, 2.05) is 10.9 Å². The number of aromatic nitrogens is 2. The molecule has 6 aromatic rings. The molecule has 4 aromatic carbocycles. The molecule has 258 valence electrons. The lowest BCUT2D eigenvalue weighted by molar-refractivity contribution is -0.118. The number of thioether (sulfide) groups is 2. The molecule has 0 atom stereocenters. The molecule has 2 heterocycles. The van der Waals surface area contributed by atoms with E-state index >= 15 is 17.6 Å². The Morgan fingerprint density at radius 2 is 0.880 bits per heavy atom. The molecule has 6 rings (SSSR count). The minimum absolute atomic E-state index is 0.350. The van der Waals surface area contributed by atoms with Gasteiger partial charge in [-0.15, -0.1) is 22.7 Å². The van der Waals surface area contributed by atoms with Crippen LogP contribution in [-0.4, -0.2) is 33.3 Å². The molecule has 0 saturated heterocycles. The average molecular weight is 773 g/mol. The van der Waals surface area contributed by atoms with Gasteiger partial charge in [-0.25, -0.2) is 45.1 Å². The number of benzene rings is 4. The van der Waals surface area contributed by atoms with E-state index in [1.165, 1.54) is 22.7 Å². The summed E-state index contributed by atoms with van der Waals surface area (Å²) in [7, 11) is 0. The van der Waals surface area contributed by atoms with E-state index in [2.05, 4.69) is 9.97 Å². The van der Waals surface area contributed by atoms with Crippen LogP contribution in [0, 0.1) is 46.5 Å². The van der Waals surface area contributed by atoms with Crippen molar-refractivity contribution in [3.05, 3.63) is 95.1 Å². The van der Waals surface area contributed by atoms with Crippen molar-refractivity contribution >= 4 is 89.8 Å². The summed E-state index contributed by atoms with van der Waals surface area (Å²) in [6.45, 7) is 0. The third-order valence-corrected chi connectivity index (χ3v) is 11.0. The van der Waals surface area contributed by atoms with Gasteiger partial charge in [0.15, 0.2) is 55.2 Å². The number of thiazole rings is 2. The zero-order chi connectivity index (χ0) is 35.7. The number of anilines is 2. The topological polar surface area (TPSA) is 108 Å². The van der Waals surface area contributed by atoms with Gasteiger partial charge in [-0.2, -0.15) is 0 Å². The number of nitrogens with zero attached hydrogens (tertiary/aromatic N) is 2. The van der Waals surface area contributed by atoms with Gasteiger partial charge in [-0.1, -0.05) is 47.8 Å². The quantitative estimate of drug-likeness (QED) is 0.0453. The predicted octanol–water partition coefficient (Wildman–Crippen LogP) is 8.16. The highest BCUT2D eigenvalue weighted by atomic mass is 32.2. The van der Waals surface area contributed by atoms with Crippen LogP contribution >= 0.6 is 46.2 Å². The summed E-state index contributed by atoms with van der Waals surface area (Å²) in [5, 5.41) is 0. The summed E-state index contributed by atoms with van der Waals surface area (Å²) in [6.07, 6.45) is 0. The molecule has 0 aliphatic carbocycles. The number of halogens is 8. The number of nitrogens with one attached hydrogen (secondary N) is 4. The molecule has 50 heavy (non-hydrogen) atoms. The van der Waals surface area contributed by atoms with E-state index in [1.54, 1.807) is 59.4 Å². The van der Waals surface area contributed by atoms with Gasteiger partial charge >= 0.3 is 0 Å². The maximum Gasteiger partial charge on any atom is 0.248 e. The number of carbonyl (C=O) groups is 2. The van der Waals surface area contributed by atoms with Gasteiger partial charge in [-0.05, 0) is 24.3 Å². The van der Waals surface area contributed by atoms with Crippen molar-refractivity contribution in [3.8, 4) is 11.1 Å². The van der Waals surface area contributed by atoms with Crippen LogP contribution in [0.25, 0.3) is 31.6 Å². The van der Waals surface area contributed by atoms with E-state index in [0.29, 0.717) is 19.7 Å². The molecule has 0 saturated carbocycles. The first kappa shape index (κ1) is 35.2. The zero-order valence-electron chi connectivity index (χ0n) is 24.4. The molecule has 0 spiro atoms. The van der Waals surface area contributed by atoms with Crippen molar-refractivity contribution in [2.75, 3.05) is 22.4 Å². The number of amides is 2. The van der Waals surface area contributed by atoms with Crippen molar-refractivity contribution in [3.63, 3.8) is 0 Å².